The molecule has 1 aromatic carbocycles. The minimum atomic E-state index is -4.46. The van der Waals surface area contributed by atoms with E-state index in [1.54, 1.807) is 0 Å². The van der Waals surface area contributed by atoms with Gasteiger partial charge in [-0.3, -0.25) is 19.1 Å². The summed E-state index contributed by atoms with van der Waals surface area (Å²) < 4.78 is 67.0. The molecular weight excluding hydrogens is 628 g/mol. The molecule has 47 heavy (non-hydrogen) atoms. The fraction of sp³-hybridized carbons (Fsp3) is 0.355. The number of morpholine rings is 1. The number of rotatable bonds is 8. The van der Waals surface area contributed by atoms with Crippen molar-refractivity contribution in [2.24, 2.45) is 7.05 Å². The number of esters is 1. The highest BCUT2D eigenvalue weighted by molar-refractivity contribution is 5.98. The molecule has 16 heteroatoms. The first-order valence-electron chi connectivity index (χ1n) is 14.4. The van der Waals surface area contributed by atoms with Crippen molar-refractivity contribution >= 4 is 28.5 Å². The number of methoxy groups -OCH3 is 1. The van der Waals surface area contributed by atoms with Crippen LogP contribution in [-0.4, -0.2) is 76.1 Å². The summed E-state index contributed by atoms with van der Waals surface area (Å²) in [5, 5.41) is 2.72. The lowest BCUT2D eigenvalue weighted by atomic mass is 10.0. The van der Waals surface area contributed by atoms with Crippen molar-refractivity contribution in [1.82, 2.24) is 24.4 Å². The number of aromatic nitrogens is 4. The summed E-state index contributed by atoms with van der Waals surface area (Å²) in [7, 11) is 2.60. The second-order valence-corrected chi connectivity index (χ2v) is 11.0. The SMILES string of the molecule is COC(=O)[C@H](Cc1ccc(-n2c(=O)c3ccncc3n(C)c2=O)nc1)NC(=O)c1c(C)cc(N2CCOC[C@@H]2CC(F)(F)F)cc1F. The van der Waals surface area contributed by atoms with Crippen molar-refractivity contribution in [3.63, 3.8) is 0 Å². The smallest absolute Gasteiger partial charge is 0.391 e. The lowest BCUT2D eigenvalue weighted by Crippen LogP contribution is -2.48. The van der Waals surface area contributed by atoms with Gasteiger partial charge < -0.3 is 19.7 Å². The summed E-state index contributed by atoms with van der Waals surface area (Å²) in [6.45, 7) is 1.50. The molecule has 0 radical (unpaired) electrons. The Balaban J connectivity index is 1.37. The van der Waals surface area contributed by atoms with Gasteiger partial charge in [-0.2, -0.15) is 13.2 Å². The Morgan fingerprint density at radius 1 is 1.17 bits per heavy atom. The predicted octanol–water partition coefficient (Wildman–Crippen LogP) is 2.60. The van der Waals surface area contributed by atoms with E-state index in [1.807, 2.05) is 0 Å². The minimum Gasteiger partial charge on any atom is -0.467 e. The van der Waals surface area contributed by atoms with Gasteiger partial charge in [-0.15, -0.1) is 0 Å². The van der Waals surface area contributed by atoms with Crippen LogP contribution in [0.25, 0.3) is 16.7 Å². The highest BCUT2D eigenvalue weighted by Crippen LogP contribution is 2.31. The van der Waals surface area contributed by atoms with E-state index in [4.69, 9.17) is 9.47 Å². The molecule has 4 aromatic rings. The van der Waals surface area contributed by atoms with Crippen LogP contribution < -0.4 is 21.5 Å². The summed E-state index contributed by atoms with van der Waals surface area (Å²) in [5.74, 6) is -2.75. The Labute approximate surface area is 264 Å². The van der Waals surface area contributed by atoms with Crippen molar-refractivity contribution in [3.05, 3.63) is 92.3 Å². The van der Waals surface area contributed by atoms with Gasteiger partial charge in [0, 0.05) is 38.1 Å². The van der Waals surface area contributed by atoms with Crippen LogP contribution in [0.1, 0.15) is 27.9 Å². The maximum absolute atomic E-state index is 15.4. The molecule has 5 rings (SSSR count). The number of fused-ring (bicyclic) bond motifs is 1. The lowest BCUT2D eigenvalue weighted by Gasteiger charge is -2.38. The van der Waals surface area contributed by atoms with Crippen LogP contribution in [0.2, 0.25) is 0 Å². The molecule has 2 atom stereocenters. The summed E-state index contributed by atoms with van der Waals surface area (Å²) in [4.78, 5) is 61.5. The minimum absolute atomic E-state index is 0.0206. The van der Waals surface area contributed by atoms with Crippen LogP contribution in [0.4, 0.5) is 23.2 Å². The molecule has 1 N–H and O–H groups in total. The van der Waals surface area contributed by atoms with Gasteiger partial charge in [-0.25, -0.2) is 23.5 Å². The van der Waals surface area contributed by atoms with E-state index in [2.05, 4.69) is 15.3 Å². The zero-order valence-corrected chi connectivity index (χ0v) is 25.5. The molecule has 1 aliphatic heterocycles. The van der Waals surface area contributed by atoms with Crippen LogP contribution in [0.15, 0.2) is 58.5 Å². The number of alkyl halides is 3. The van der Waals surface area contributed by atoms with Gasteiger partial charge in [0.25, 0.3) is 11.5 Å². The molecule has 0 spiro atoms. The largest absolute Gasteiger partial charge is 0.467 e. The quantitative estimate of drug-likeness (QED) is 0.224. The number of ether oxygens (including phenoxy) is 2. The topological polar surface area (TPSA) is 138 Å². The van der Waals surface area contributed by atoms with E-state index in [-0.39, 0.29) is 48.6 Å². The molecule has 0 unspecified atom stereocenters. The summed E-state index contributed by atoms with van der Waals surface area (Å²) in [6, 6.07) is 4.44. The normalized spacial score (nSPS) is 15.8. The Hall–Kier alpha value is -5.12. The third-order valence-corrected chi connectivity index (χ3v) is 7.87. The first-order chi connectivity index (χ1) is 22.3. The van der Waals surface area contributed by atoms with Gasteiger partial charge in [0.05, 0.1) is 55.4 Å². The number of halogens is 4. The van der Waals surface area contributed by atoms with Gasteiger partial charge in [0.2, 0.25) is 0 Å². The third kappa shape index (κ3) is 7.01. The highest BCUT2D eigenvalue weighted by Gasteiger charge is 2.37. The standard InChI is InChI=1S/C31H30F4N6O6/c1-17-10-19(40-8-9-47-16-20(40)13-31(33,34)35)12-22(32)26(17)27(42)38-23(29(44)46-3)11-18-4-5-25(37-14-18)41-28(43)21-6-7-36-15-24(21)39(2)30(41)45/h4-7,10,12,14-15,20,23H,8-9,11,13,16H2,1-3H3,(H,38,42)/t20-,23-/m0/s1. The number of carbonyl (C=O) groups is 2. The molecule has 0 saturated carbocycles. The zero-order chi connectivity index (χ0) is 34.0. The zero-order valence-electron chi connectivity index (χ0n) is 25.5. The van der Waals surface area contributed by atoms with Crippen LogP contribution in [0.3, 0.4) is 0 Å². The Kier molecular flexibility index (Phi) is 9.42. The van der Waals surface area contributed by atoms with E-state index in [1.165, 1.54) is 66.3 Å². The maximum Gasteiger partial charge on any atom is 0.391 e. The van der Waals surface area contributed by atoms with Crippen LogP contribution >= 0.6 is 0 Å². The Morgan fingerprint density at radius 2 is 1.94 bits per heavy atom. The summed E-state index contributed by atoms with van der Waals surface area (Å²) in [6.07, 6.45) is -1.61. The fourth-order valence-electron chi connectivity index (χ4n) is 5.58. The Bertz CT molecular complexity index is 1920. The number of aryl methyl sites for hydroxylation is 2. The van der Waals surface area contributed by atoms with Crippen LogP contribution in [0, 0.1) is 12.7 Å². The Morgan fingerprint density at radius 3 is 2.60 bits per heavy atom. The number of pyridine rings is 2. The van der Waals surface area contributed by atoms with Crippen molar-refractivity contribution < 1.29 is 36.6 Å². The van der Waals surface area contributed by atoms with Crippen LogP contribution in [0.5, 0.6) is 0 Å². The first kappa shape index (κ1) is 33.2. The molecule has 0 bridgehead atoms. The summed E-state index contributed by atoms with van der Waals surface area (Å²) >= 11 is 0. The first-order valence-corrected chi connectivity index (χ1v) is 14.4. The van der Waals surface area contributed by atoms with E-state index in [9.17, 15) is 32.3 Å². The molecule has 1 fully saturated rings. The number of hydrogen-bond acceptors (Lipinski definition) is 9. The van der Waals surface area contributed by atoms with Gasteiger partial charge in [-0.05, 0) is 42.3 Å². The number of benzene rings is 1. The molecule has 1 aliphatic rings. The average molecular weight is 659 g/mol. The lowest BCUT2D eigenvalue weighted by molar-refractivity contribution is -0.144. The molecule has 3 aromatic heterocycles. The van der Waals surface area contributed by atoms with Gasteiger partial charge in [0.1, 0.15) is 17.7 Å². The number of nitrogens with one attached hydrogen (secondary N) is 1. The molecule has 1 amide bonds. The van der Waals surface area contributed by atoms with Crippen molar-refractivity contribution in [2.75, 3.05) is 31.8 Å². The van der Waals surface area contributed by atoms with Gasteiger partial charge >= 0.3 is 17.8 Å². The highest BCUT2D eigenvalue weighted by atomic mass is 19.4. The van der Waals surface area contributed by atoms with E-state index < -0.39 is 59.2 Å². The predicted molar refractivity (Wildman–Crippen MR) is 161 cm³/mol. The van der Waals surface area contributed by atoms with Gasteiger partial charge in [0.15, 0.2) is 0 Å². The van der Waals surface area contributed by atoms with Crippen molar-refractivity contribution in [1.29, 1.82) is 0 Å². The van der Waals surface area contributed by atoms with E-state index in [0.717, 1.165) is 17.7 Å². The van der Waals surface area contributed by atoms with Crippen molar-refractivity contribution in [2.45, 2.75) is 38.0 Å². The number of anilines is 1. The maximum atomic E-state index is 15.4. The molecule has 1 saturated heterocycles. The third-order valence-electron chi connectivity index (χ3n) is 7.87. The molecule has 0 aliphatic carbocycles. The number of amides is 1. The number of hydrogen-bond donors (Lipinski definition) is 1. The molecule has 12 nitrogen and oxygen atoms in total. The second kappa shape index (κ2) is 13.3. The summed E-state index contributed by atoms with van der Waals surface area (Å²) in [5.41, 5.74) is -0.570. The van der Waals surface area contributed by atoms with Crippen molar-refractivity contribution in [3.8, 4) is 5.82 Å². The molecule has 4 heterocycles. The molecular formula is C31H30F4N6O6. The average Bonchev–Trinajstić information content (AvgIpc) is 3.03. The fourth-order valence-corrected chi connectivity index (χ4v) is 5.58. The second-order valence-electron chi connectivity index (χ2n) is 11.0. The molecule has 248 valence electrons. The number of carbonyl (C=O) groups excluding carboxylic acids is 2. The number of nitrogens with zero attached hydrogens (tertiary/aromatic N) is 5. The monoisotopic (exact) mass is 658 g/mol. The van der Waals surface area contributed by atoms with E-state index in [0.29, 0.717) is 11.1 Å². The van der Waals surface area contributed by atoms with Gasteiger partial charge in [-0.1, -0.05) is 6.07 Å². The van der Waals surface area contributed by atoms with Crippen LogP contribution in [-0.2, 0) is 27.7 Å². The van der Waals surface area contributed by atoms with E-state index >= 15 is 4.39 Å².